The van der Waals surface area contributed by atoms with E-state index in [2.05, 4.69) is 41.1 Å². The molecule has 0 spiro atoms. The number of halogens is 1. The highest BCUT2D eigenvalue weighted by molar-refractivity contribution is 9.10. The highest BCUT2D eigenvalue weighted by Crippen LogP contribution is 2.17. The number of hydrogen-bond donors (Lipinski definition) is 0. The highest BCUT2D eigenvalue weighted by atomic mass is 79.9. The molecule has 0 aliphatic heterocycles. The van der Waals surface area contributed by atoms with Gasteiger partial charge in [0.25, 0.3) is 0 Å². The molecule has 0 amide bonds. The van der Waals surface area contributed by atoms with Crippen molar-refractivity contribution in [2.75, 3.05) is 13.2 Å². The van der Waals surface area contributed by atoms with E-state index in [4.69, 9.17) is 4.74 Å². The van der Waals surface area contributed by atoms with Gasteiger partial charge < -0.3 is 4.74 Å². The first-order valence-electron chi connectivity index (χ1n) is 5.13. The summed E-state index contributed by atoms with van der Waals surface area (Å²) in [5.74, 6) is 0. The third-order valence-corrected chi connectivity index (χ3v) is 2.76. The van der Waals surface area contributed by atoms with E-state index >= 15 is 0 Å². The van der Waals surface area contributed by atoms with Crippen molar-refractivity contribution >= 4 is 15.9 Å². The van der Waals surface area contributed by atoms with Gasteiger partial charge in [0.2, 0.25) is 0 Å². The second kappa shape index (κ2) is 6.20. The van der Waals surface area contributed by atoms with E-state index in [0.29, 0.717) is 0 Å². The number of hydrogen-bond acceptors (Lipinski definition) is 1. The Hall–Kier alpha value is -0.340. The molecule has 2 heteroatoms. The Balaban J connectivity index is 2.67. The Kier molecular flexibility index (Phi) is 5.20. The Morgan fingerprint density at radius 2 is 2.00 bits per heavy atom. The van der Waals surface area contributed by atoms with Crippen molar-refractivity contribution in [3.8, 4) is 0 Å². The van der Waals surface area contributed by atoms with Gasteiger partial charge >= 0.3 is 0 Å². The fourth-order valence-electron chi connectivity index (χ4n) is 1.50. The standard InChI is InChI=1S/C12H17BrO/c1-3-10-5-6-12(13)9-11(10)7-8-14-4-2/h5-6,9H,3-4,7-8H2,1-2H3. The van der Waals surface area contributed by atoms with Crippen molar-refractivity contribution in [2.24, 2.45) is 0 Å². The molecule has 0 N–H and O–H groups in total. The Labute approximate surface area is 94.6 Å². The molecular formula is C12H17BrO. The molecule has 0 unspecified atom stereocenters. The van der Waals surface area contributed by atoms with Gasteiger partial charge in [-0.2, -0.15) is 0 Å². The maximum atomic E-state index is 5.36. The van der Waals surface area contributed by atoms with E-state index in [0.717, 1.165) is 30.5 Å². The zero-order valence-electron chi connectivity index (χ0n) is 8.85. The summed E-state index contributed by atoms with van der Waals surface area (Å²) in [6.45, 7) is 5.84. The molecular weight excluding hydrogens is 240 g/mol. The zero-order chi connectivity index (χ0) is 10.4. The fraction of sp³-hybridized carbons (Fsp3) is 0.500. The number of benzene rings is 1. The molecule has 0 fully saturated rings. The van der Waals surface area contributed by atoms with Gasteiger partial charge in [0.05, 0.1) is 6.61 Å². The molecule has 14 heavy (non-hydrogen) atoms. The first-order chi connectivity index (χ1) is 6.77. The quantitative estimate of drug-likeness (QED) is 0.732. The minimum Gasteiger partial charge on any atom is -0.381 e. The second-order valence-electron chi connectivity index (χ2n) is 3.21. The molecule has 1 aromatic rings. The number of rotatable bonds is 5. The van der Waals surface area contributed by atoms with E-state index in [1.54, 1.807) is 0 Å². The molecule has 0 saturated heterocycles. The lowest BCUT2D eigenvalue weighted by molar-refractivity contribution is 0.151. The number of ether oxygens (including phenoxy) is 1. The van der Waals surface area contributed by atoms with Crippen LogP contribution in [0, 0.1) is 0 Å². The fourth-order valence-corrected chi connectivity index (χ4v) is 1.91. The maximum Gasteiger partial charge on any atom is 0.0506 e. The van der Waals surface area contributed by atoms with Crippen molar-refractivity contribution in [2.45, 2.75) is 26.7 Å². The van der Waals surface area contributed by atoms with Crippen LogP contribution in [0.5, 0.6) is 0 Å². The van der Waals surface area contributed by atoms with Crippen LogP contribution in [0.2, 0.25) is 0 Å². The summed E-state index contributed by atoms with van der Waals surface area (Å²) in [6, 6.07) is 6.48. The Morgan fingerprint density at radius 3 is 2.64 bits per heavy atom. The van der Waals surface area contributed by atoms with Crippen molar-refractivity contribution < 1.29 is 4.74 Å². The largest absolute Gasteiger partial charge is 0.381 e. The van der Waals surface area contributed by atoms with Gasteiger partial charge in [-0.25, -0.2) is 0 Å². The van der Waals surface area contributed by atoms with Gasteiger partial charge in [-0.1, -0.05) is 28.9 Å². The monoisotopic (exact) mass is 256 g/mol. The third kappa shape index (κ3) is 3.43. The van der Waals surface area contributed by atoms with Gasteiger partial charge in [-0.3, -0.25) is 0 Å². The average Bonchev–Trinajstić information content (AvgIpc) is 2.19. The third-order valence-electron chi connectivity index (χ3n) is 2.27. The summed E-state index contributed by atoms with van der Waals surface area (Å²) in [7, 11) is 0. The van der Waals surface area contributed by atoms with Gasteiger partial charge in [-0.15, -0.1) is 0 Å². The molecule has 1 nitrogen and oxygen atoms in total. The van der Waals surface area contributed by atoms with Gasteiger partial charge in [0.1, 0.15) is 0 Å². The molecule has 0 heterocycles. The smallest absolute Gasteiger partial charge is 0.0506 e. The van der Waals surface area contributed by atoms with Crippen LogP contribution in [0.1, 0.15) is 25.0 Å². The van der Waals surface area contributed by atoms with E-state index in [9.17, 15) is 0 Å². The lowest BCUT2D eigenvalue weighted by atomic mass is 10.0. The van der Waals surface area contributed by atoms with Gasteiger partial charge in [0.15, 0.2) is 0 Å². The summed E-state index contributed by atoms with van der Waals surface area (Å²) in [4.78, 5) is 0. The van der Waals surface area contributed by atoms with Crippen LogP contribution in [-0.4, -0.2) is 13.2 Å². The summed E-state index contributed by atoms with van der Waals surface area (Å²) in [6.07, 6.45) is 2.10. The molecule has 0 aromatic heterocycles. The molecule has 0 aliphatic rings. The first-order valence-corrected chi connectivity index (χ1v) is 5.92. The van der Waals surface area contributed by atoms with Crippen molar-refractivity contribution in [3.05, 3.63) is 33.8 Å². The van der Waals surface area contributed by atoms with Gasteiger partial charge in [-0.05, 0) is 43.0 Å². The minimum atomic E-state index is 0.801. The van der Waals surface area contributed by atoms with Crippen molar-refractivity contribution in [1.82, 2.24) is 0 Å². The molecule has 0 atom stereocenters. The molecule has 1 rings (SSSR count). The van der Waals surface area contributed by atoms with Crippen LogP contribution < -0.4 is 0 Å². The molecule has 0 saturated carbocycles. The van der Waals surface area contributed by atoms with E-state index < -0.39 is 0 Å². The SMILES string of the molecule is CCOCCc1cc(Br)ccc1CC. The average molecular weight is 257 g/mol. The van der Waals surface area contributed by atoms with E-state index in [-0.39, 0.29) is 0 Å². The lowest BCUT2D eigenvalue weighted by Gasteiger charge is -2.08. The molecule has 1 aromatic carbocycles. The van der Waals surface area contributed by atoms with Crippen molar-refractivity contribution in [1.29, 1.82) is 0 Å². The summed E-state index contributed by atoms with van der Waals surface area (Å²) >= 11 is 3.49. The van der Waals surface area contributed by atoms with E-state index in [1.807, 2.05) is 6.92 Å². The van der Waals surface area contributed by atoms with Crippen LogP contribution in [0.15, 0.2) is 22.7 Å². The lowest BCUT2D eigenvalue weighted by Crippen LogP contribution is -2.01. The zero-order valence-corrected chi connectivity index (χ0v) is 10.4. The topological polar surface area (TPSA) is 9.23 Å². The summed E-state index contributed by atoms with van der Waals surface area (Å²) in [5, 5.41) is 0. The molecule has 0 radical (unpaired) electrons. The van der Waals surface area contributed by atoms with Gasteiger partial charge in [0, 0.05) is 11.1 Å². The predicted octanol–water partition coefficient (Wildman–Crippen LogP) is 3.59. The number of aryl methyl sites for hydroxylation is 1. The first kappa shape index (κ1) is 11.7. The maximum absolute atomic E-state index is 5.36. The normalized spacial score (nSPS) is 10.5. The predicted molar refractivity (Wildman–Crippen MR) is 63.7 cm³/mol. The molecule has 0 aliphatic carbocycles. The van der Waals surface area contributed by atoms with Crippen LogP contribution >= 0.6 is 15.9 Å². The molecule has 78 valence electrons. The molecule has 0 bridgehead atoms. The minimum absolute atomic E-state index is 0.801. The van der Waals surface area contributed by atoms with E-state index in [1.165, 1.54) is 11.1 Å². The van der Waals surface area contributed by atoms with Crippen LogP contribution in [0.4, 0.5) is 0 Å². The Bertz CT molecular complexity index is 284. The summed E-state index contributed by atoms with van der Waals surface area (Å²) < 4.78 is 6.52. The van der Waals surface area contributed by atoms with Crippen LogP contribution in [0.25, 0.3) is 0 Å². The van der Waals surface area contributed by atoms with Crippen molar-refractivity contribution in [3.63, 3.8) is 0 Å². The second-order valence-corrected chi connectivity index (χ2v) is 4.13. The Morgan fingerprint density at radius 1 is 1.21 bits per heavy atom. The highest BCUT2D eigenvalue weighted by Gasteiger charge is 2.01. The van der Waals surface area contributed by atoms with Crippen LogP contribution in [0.3, 0.4) is 0 Å². The van der Waals surface area contributed by atoms with Crippen LogP contribution in [-0.2, 0) is 17.6 Å². The summed E-state index contributed by atoms with van der Waals surface area (Å²) in [5.41, 5.74) is 2.82.